The van der Waals surface area contributed by atoms with E-state index in [1.165, 1.54) is 0 Å². The van der Waals surface area contributed by atoms with Gasteiger partial charge in [0.25, 0.3) is 5.91 Å². The van der Waals surface area contributed by atoms with Crippen molar-refractivity contribution in [3.8, 4) is 5.75 Å². The summed E-state index contributed by atoms with van der Waals surface area (Å²) in [5.74, 6) is -0.703. The predicted molar refractivity (Wildman–Crippen MR) is 97.9 cm³/mol. The molecule has 2 aromatic rings. The molecular formula is C19H21N3O4. The third kappa shape index (κ3) is 5.62. The van der Waals surface area contributed by atoms with Crippen molar-refractivity contribution in [2.24, 2.45) is 5.73 Å². The molecule has 3 amide bonds. The zero-order chi connectivity index (χ0) is 18.9. The van der Waals surface area contributed by atoms with E-state index in [0.29, 0.717) is 23.6 Å². The molecule has 0 fully saturated rings. The lowest BCUT2D eigenvalue weighted by Gasteiger charge is -2.11. The molecule has 2 aromatic carbocycles. The summed E-state index contributed by atoms with van der Waals surface area (Å²) >= 11 is 0. The van der Waals surface area contributed by atoms with Crippen LogP contribution in [0.3, 0.4) is 0 Å². The third-order valence-electron chi connectivity index (χ3n) is 3.46. The third-order valence-corrected chi connectivity index (χ3v) is 3.46. The number of benzene rings is 2. The van der Waals surface area contributed by atoms with Gasteiger partial charge in [-0.15, -0.1) is 0 Å². The number of carbonyl (C=O) groups is 3. The number of hydrogen-bond donors (Lipinski definition) is 3. The van der Waals surface area contributed by atoms with Crippen molar-refractivity contribution in [3.05, 3.63) is 59.7 Å². The number of hydrogen-bond acceptors (Lipinski definition) is 4. The van der Waals surface area contributed by atoms with Gasteiger partial charge in [0.1, 0.15) is 5.75 Å². The normalized spacial score (nSPS) is 10.0. The van der Waals surface area contributed by atoms with Crippen molar-refractivity contribution in [1.29, 1.82) is 0 Å². The summed E-state index contributed by atoms with van der Waals surface area (Å²) in [4.78, 5) is 35.1. The zero-order valence-electron chi connectivity index (χ0n) is 14.5. The Morgan fingerprint density at radius 1 is 1.04 bits per heavy atom. The fourth-order valence-electron chi connectivity index (χ4n) is 2.30. The second kappa shape index (κ2) is 9.22. The first-order valence-corrected chi connectivity index (χ1v) is 8.16. The predicted octanol–water partition coefficient (Wildman–Crippen LogP) is 1.48. The first-order valence-electron chi connectivity index (χ1n) is 8.16. The van der Waals surface area contributed by atoms with Crippen LogP contribution in [0, 0.1) is 0 Å². The van der Waals surface area contributed by atoms with Crippen LogP contribution in [-0.2, 0) is 16.0 Å². The lowest BCUT2D eigenvalue weighted by molar-refractivity contribution is -0.117. The summed E-state index contributed by atoms with van der Waals surface area (Å²) in [5.41, 5.74) is 6.83. The maximum Gasteiger partial charge on any atom is 0.255 e. The van der Waals surface area contributed by atoms with E-state index in [1.54, 1.807) is 48.5 Å². The Hall–Kier alpha value is -3.35. The van der Waals surface area contributed by atoms with E-state index in [2.05, 4.69) is 10.6 Å². The largest absolute Gasteiger partial charge is 0.493 e. The van der Waals surface area contributed by atoms with Crippen LogP contribution < -0.4 is 21.1 Å². The van der Waals surface area contributed by atoms with Crippen LogP contribution in [0.1, 0.15) is 22.8 Å². The zero-order valence-corrected chi connectivity index (χ0v) is 14.5. The smallest absolute Gasteiger partial charge is 0.255 e. The quantitative estimate of drug-likeness (QED) is 0.666. The van der Waals surface area contributed by atoms with E-state index in [1.807, 2.05) is 6.92 Å². The lowest BCUT2D eigenvalue weighted by Crippen LogP contribution is -2.33. The standard InChI is InChI=1S/C19H21N3O4/c1-2-26-16-6-4-3-5-15(16)19(25)21-12-18(24)22-14-9-7-13(8-10-14)11-17(20)23/h3-10H,2,11-12H2,1H3,(H2,20,23)(H,21,25)(H,22,24). The Morgan fingerprint density at radius 2 is 1.73 bits per heavy atom. The summed E-state index contributed by atoms with van der Waals surface area (Å²) in [5, 5.41) is 5.23. The Kier molecular flexibility index (Phi) is 6.73. The second-order valence-electron chi connectivity index (χ2n) is 5.50. The number of rotatable bonds is 8. The first kappa shape index (κ1) is 19.0. The van der Waals surface area contributed by atoms with Gasteiger partial charge < -0.3 is 21.1 Å². The summed E-state index contributed by atoms with van der Waals surface area (Å²) < 4.78 is 5.40. The summed E-state index contributed by atoms with van der Waals surface area (Å²) in [6.07, 6.45) is 0.142. The molecule has 0 aromatic heterocycles. The molecule has 136 valence electrons. The maximum absolute atomic E-state index is 12.2. The molecule has 0 spiro atoms. The molecule has 7 nitrogen and oxygen atoms in total. The van der Waals surface area contributed by atoms with Crippen LogP contribution in [0.5, 0.6) is 5.75 Å². The van der Waals surface area contributed by atoms with Gasteiger partial charge in [0, 0.05) is 5.69 Å². The van der Waals surface area contributed by atoms with Crippen LogP contribution in [0.15, 0.2) is 48.5 Å². The molecule has 26 heavy (non-hydrogen) atoms. The van der Waals surface area contributed by atoms with Gasteiger partial charge in [0.05, 0.1) is 25.1 Å². The van der Waals surface area contributed by atoms with Gasteiger partial charge >= 0.3 is 0 Å². The Bertz CT molecular complexity index is 788. The molecule has 0 saturated heterocycles. The highest BCUT2D eigenvalue weighted by atomic mass is 16.5. The van der Waals surface area contributed by atoms with E-state index in [4.69, 9.17) is 10.5 Å². The minimum Gasteiger partial charge on any atom is -0.493 e. The number of anilines is 1. The van der Waals surface area contributed by atoms with Gasteiger partial charge in [0.15, 0.2) is 0 Å². The molecule has 0 bridgehead atoms. The number of para-hydroxylation sites is 1. The fraction of sp³-hybridized carbons (Fsp3) is 0.211. The van der Waals surface area contributed by atoms with Crippen LogP contribution in [0.25, 0.3) is 0 Å². The van der Waals surface area contributed by atoms with Crippen LogP contribution >= 0.6 is 0 Å². The molecule has 7 heteroatoms. The van der Waals surface area contributed by atoms with Crippen LogP contribution in [0.4, 0.5) is 5.69 Å². The van der Waals surface area contributed by atoms with Crippen molar-refractivity contribution in [3.63, 3.8) is 0 Å². The molecule has 0 aliphatic rings. The Morgan fingerprint density at radius 3 is 2.38 bits per heavy atom. The monoisotopic (exact) mass is 355 g/mol. The van der Waals surface area contributed by atoms with Gasteiger partial charge in [-0.2, -0.15) is 0 Å². The molecule has 0 aliphatic heterocycles. The molecule has 0 aliphatic carbocycles. The molecule has 0 saturated carbocycles. The highest BCUT2D eigenvalue weighted by molar-refractivity contribution is 6.00. The number of nitrogens with one attached hydrogen (secondary N) is 2. The number of primary amides is 1. The summed E-state index contributed by atoms with van der Waals surface area (Å²) in [6.45, 7) is 2.09. The van der Waals surface area contributed by atoms with E-state index >= 15 is 0 Å². The van der Waals surface area contributed by atoms with Gasteiger partial charge in [-0.05, 0) is 36.8 Å². The van der Waals surface area contributed by atoms with Gasteiger partial charge in [-0.25, -0.2) is 0 Å². The van der Waals surface area contributed by atoms with E-state index in [9.17, 15) is 14.4 Å². The van der Waals surface area contributed by atoms with Crippen molar-refractivity contribution in [2.75, 3.05) is 18.5 Å². The number of amides is 3. The van der Waals surface area contributed by atoms with Gasteiger partial charge in [-0.1, -0.05) is 24.3 Å². The Labute approximate surface area is 151 Å². The van der Waals surface area contributed by atoms with Crippen LogP contribution in [0.2, 0.25) is 0 Å². The van der Waals surface area contributed by atoms with Crippen molar-refractivity contribution in [1.82, 2.24) is 5.32 Å². The number of nitrogens with two attached hydrogens (primary N) is 1. The average molecular weight is 355 g/mol. The molecule has 0 heterocycles. The van der Waals surface area contributed by atoms with Crippen molar-refractivity contribution >= 4 is 23.4 Å². The lowest BCUT2D eigenvalue weighted by atomic mass is 10.1. The SMILES string of the molecule is CCOc1ccccc1C(=O)NCC(=O)Nc1ccc(CC(N)=O)cc1. The van der Waals surface area contributed by atoms with E-state index in [0.717, 1.165) is 5.56 Å². The highest BCUT2D eigenvalue weighted by Gasteiger charge is 2.13. The summed E-state index contributed by atoms with van der Waals surface area (Å²) in [7, 11) is 0. The number of carbonyl (C=O) groups excluding carboxylic acids is 3. The molecule has 0 atom stereocenters. The molecular weight excluding hydrogens is 334 g/mol. The minimum atomic E-state index is -0.420. The van der Waals surface area contributed by atoms with Crippen molar-refractivity contribution < 1.29 is 19.1 Å². The minimum absolute atomic E-state index is 0.142. The van der Waals surface area contributed by atoms with Gasteiger partial charge in [0.2, 0.25) is 11.8 Å². The Balaban J connectivity index is 1.88. The molecule has 0 radical (unpaired) electrons. The topological polar surface area (TPSA) is 111 Å². The average Bonchev–Trinajstić information content (AvgIpc) is 2.62. The highest BCUT2D eigenvalue weighted by Crippen LogP contribution is 2.17. The second-order valence-corrected chi connectivity index (χ2v) is 5.50. The molecule has 2 rings (SSSR count). The molecule has 4 N–H and O–H groups in total. The van der Waals surface area contributed by atoms with Crippen LogP contribution in [-0.4, -0.2) is 30.9 Å². The number of ether oxygens (including phenoxy) is 1. The fourth-order valence-corrected chi connectivity index (χ4v) is 2.30. The van der Waals surface area contributed by atoms with E-state index in [-0.39, 0.29) is 24.8 Å². The van der Waals surface area contributed by atoms with E-state index < -0.39 is 5.91 Å². The van der Waals surface area contributed by atoms with Gasteiger partial charge in [-0.3, -0.25) is 14.4 Å². The maximum atomic E-state index is 12.2. The first-order chi connectivity index (χ1) is 12.5. The summed E-state index contributed by atoms with van der Waals surface area (Å²) in [6, 6.07) is 13.6. The molecule has 0 unspecified atom stereocenters. The van der Waals surface area contributed by atoms with Crippen molar-refractivity contribution in [2.45, 2.75) is 13.3 Å².